The smallest absolute Gasteiger partial charge is 0.311 e. The molecule has 1 atom stereocenters. The van der Waals surface area contributed by atoms with E-state index in [9.17, 15) is 10.1 Å². The molecular weight excluding hydrogens is 248 g/mol. The Kier molecular flexibility index (Phi) is 3.57. The van der Waals surface area contributed by atoms with Crippen LogP contribution in [0.3, 0.4) is 0 Å². The molecule has 3 N–H and O–H groups in total. The molecule has 19 heavy (non-hydrogen) atoms. The van der Waals surface area contributed by atoms with E-state index in [1.807, 2.05) is 13.8 Å². The SMILES string of the molecule is CC1(C)CC(Nc2nc(N)ccc2[N+](=O)[O-])CCO1. The molecule has 1 fully saturated rings. The van der Waals surface area contributed by atoms with Crippen LogP contribution in [0.4, 0.5) is 17.3 Å². The highest BCUT2D eigenvalue weighted by Crippen LogP contribution is 2.29. The molecule has 1 aromatic heterocycles. The molecule has 0 radical (unpaired) electrons. The highest BCUT2D eigenvalue weighted by molar-refractivity contribution is 5.59. The number of nitrogens with two attached hydrogens (primary N) is 1. The molecule has 1 aliphatic heterocycles. The van der Waals surface area contributed by atoms with Gasteiger partial charge in [-0.2, -0.15) is 0 Å². The van der Waals surface area contributed by atoms with Gasteiger partial charge in [0.1, 0.15) is 5.82 Å². The summed E-state index contributed by atoms with van der Waals surface area (Å²) in [6.07, 6.45) is 1.55. The summed E-state index contributed by atoms with van der Waals surface area (Å²) in [6.45, 7) is 4.63. The van der Waals surface area contributed by atoms with Crippen molar-refractivity contribution in [2.75, 3.05) is 17.7 Å². The van der Waals surface area contributed by atoms with Crippen molar-refractivity contribution in [3.05, 3.63) is 22.2 Å². The maximum Gasteiger partial charge on any atom is 0.311 e. The number of anilines is 2. The van der Waals surface area contributed by atoms with E-state index in [0.717, 1.165) is 12.8 Å². The van der Waals surface area contributed by atoms with Crippen LogP contribution in [0.2, 0.25) is 0 Å². The fraction of sp³-hybridized carbons (Fsp3) is 0.583. The quantitative estimate of drug-likeness (QED) is 0.640. The molecule has 0 spiro atoms. The van der Waals surface area contributed by atoms with E-state index in [2.05, 4.69) is 10.3 Å². The van der Waals surface area contributed by atoms with Crippen LogP contribution >= 0.6 is 0 Å². The number of nitrogen functional groups attached to an aromatic ring is 1. The Labute approximate surface area is 111 Å². The number of nitrogens with zero attached hydrogens (tertiary/aromatic N) is 2. The lowest BCUT2D eigenvalue weighted by Gasteiger charge is -2.35. The lowest BCUT2D eigenvalue weighted by molar-refractivity contribution is -0.384. The van der Waals surface area contributed by atoms with E-state index < -0.39 is 4.92 Å². The summed E-state index contributed by atoms with van der Waals surface area (Å²) < 4.78 is 5.62. The second-order valence-corrected chi connectivity index (χ2v) is 5.30. The third kappa shape index (κ3) is 3.31. The number of rotatable bonds is 3. The van der Waals surface area contributed by atoms with Gasteiger partial charge < -0.3 is 15.8 Å². The van der Waals surface area contributed by atoms with E-state index in [-0.39, 0.29) is 29.0 Å². The summed E-state index contributed by atoms with van der Waals surface area (Å²) in [5.41, 5.74) is 5.30. The summed E-state index contributed by atoms with van der Waals surface area (Å²) in [6, 6.07) is 2.89. The van der Waals surface area contributed by atoms with Gasteiger partial charge in [0, 0.05) is 18.7 Å². The normalized spacial score (nSPS) is 21.9. The zero-order valence-electron chi connectivity index (χ0n) is 11.0. The summed E-state index contributed by atoms with van der Waals surface area (Å²) >= 11 is 0. The first kappa shape index (κ1) is 13.5. The summed E-state index contributed by atoms with van der Waals surface area (Å²) in [5, 5.41) is 14.1. The summed E-state index contributed by atoms with van der Waals surface area (Å²) in [5.74, 6) is 0.493. The maximum absolute atomic E-state index is 11.0. The van der Waals surface area contributed by atoms with Gasteiger partial charge in [-0.05, 0) is 32.8 Å². The molecule has 1 aliphatic rings. The number of nitro groups is 1. The van der Waals surface area contributed by atoms with Gasteiger partial charge >= 0.3 is 5.69 Å². The first-order valence-electron chi connectivity index (χ1n) is 6.19. The molecule has 0 aromatic carbocycles. The van der Waals surface area contributed by atoms with Gasteiger partial charge in [-0.3, -0.25) is 10.1 Å². The maximum atomic E-state index is 11.0. The van der Waals surface area contributed by atoms with E-state index >= 15 is 0 Å². The standard InChI is InChI=1S/C12H18N4O3/c1-12(2)7-8(5-6-19-12)14-11-9(16(17)18)3-4-10(13)15-11/h3-4,8H,5-7H2,1-2H3,(H3,13,14,15). The van der Waals surface area contributed by atoms with E-state index in [0.29, 0.717) is 6.61 Å². The molecule has 0 saturated carbocycles. The van der Waals surface area contributed by atoms with Crippen molar-refractivity contribution < 1.29 is 9.66 Å². The first-order valence-corrected chi connectivity index (χ1v) is 6.19. The molecule has 2 rings (SSSR count). The van der Waals surface area contributed by atoms with E-state index in [1.165, 1.54) is 12.1 Å². The van der Waals surface area contributed by atoms with Crippen LogP contribution in [0.1, 0.15) is 26.7 Å². The van der Waals surface area contributed by atoms with Gasteiger partial charge in [0.25, 0.3) is 0 Å². The largest absolute Gasteiger partial charge is 0.384 e. The van der Waals surface area contributed by atoms with Crippen molar-refractivity contribution in [2.45, 2.75) is 38.3 Å². The van der Waals surface area contributed by atoms with Crippen molar-refractivity contribution in [3.8, 4) is 0 Å². The summed E-state index contributed by atoms with van der Waals surface area (Å²) in [4.78, 5) is 14.5. The van der Waals surface area contributed by atoms with Crippen molar-refractivity contribution in [1.29, 1.82) is 0 Å². The fourth-order valence-corrected chi connectivity index (χ4v) is 2.27. The Morgan fingerprint density at radius 2 is 2.32 bits per heavy atom. The predicted octanol–water partition coefficient (Wildman–Crippen LogP) is 1.94. The van der Waals surface area contributed by atoms with Crippen molar-refractivity contribution in [1.82, 2.24) is 4.98 Å². The number of ether oxygens (including phenoxy) is 1. The highest BCUT2D eigenvalue weighted by Gasteiger charge is 2.30. The number of aromatic nitrogens is 1. The van der Waals surface area contributed by atoms with Crippen LogP contribution in [0.5, 0.6) is 0 Å². The van der Waals surface area contributed by atoms with Gasteiger partial charge in [-0.15, -0.1) is 0 Å². The molecule has 104 valence electrons. The third-order valence-electron chi connectivity index (χ3n) is 3.13. The molecule has 2 heterocycles. The van der Waals surface area contributed by atoms with Gasteiger partial charge in [0.2, 0.25) is 5.82 Å². The molecule has 7 heteroatoms. The van der Waals surface area contributed by atoms with Crippen LogP contribution < -0.4 is 11.1 Å². The van der Waals surface area contributed by atoms with Crippen LogP contribution in [0, 0.1) is 10.1 Å². The molecule has 0 aliphatic carbocycles. The summed E-state index contributed by atoms with van der Waals surface area (Å²) in [7, 11) is 0. The minimum absolute atomic E-state index is 0.0569. The second kappa shape index (κ2) is 5.00. The number of nitrogens with one attached hydrogen (secondary N) is 1. The topological polar surface area (TPSA) is 103 Å². The third-order valence-corrected chi connectivity index (χ3v) is 3.13. The lowest BCUT2D eigenvalue weighted by atomic mass is 9.94. The zero-order valence-corrected chi connectivity index (χ0v) is 11.0. The Bertz CT molecular complexity index is 490. The predicted molar refractivity (Wildman–Crippen MR) is 72.0 cm³/mol. The Balaban J connectivity index is 2.18. The van der Waals surface area contributed by atoms with Gasteiger partial charge in [0.05, 0.1) is 10.5 Å². The van der Waals surface area contributed by atoms with Crippen LogP contribution in [-0.4, -0.2) is 28.2 Å². The van der Waals surface area contributed by atoms with Gasteiger partial charge in [0.15, 0.2) is 0 Å². The molecule has 0 bridgehead atoms. The average molecular weight is 266 g/mol. The Hall–Kier alpha value is -1.89. The number of hydrogen-bond acceptors (Lipinski definition) is 6. The van der Waals surface area contributed by atoms with E-state index in [4.69, 9.17) is 10.5 Å². The molecule has 7 nitrogen and oxygen atoms in total. The molecule has 1 saturated heterocycles. The fourth-order valence-electron chi connectivity index (χ4n) is 2.27. The van der Waals surface area contributed by atoms with Crippen LogP contribution in [0.25, 0.3) is 0 Å². The van der Waals surface area contributed by atoms with E-state index in [1.54, 1.807) is 0 Å². The molecule has 1 unspecified atom stereocenters. The molecule has 1 aromatic rings. The first-order chi connectivity index (χ1) is 8.87. The van der Waals surface area contributed by atoms with Crippen molar-refractivity contribution in [3.63, 3.8) is 0 Å². The van der Waals surface area contributed by atoms with Crippen LogP contribution in [-0.2, 0) is 4.74 Å². The minimum atomic E-state index is -0.459. The Morgan fingerprint density at radius 1 is 1.58 bits per heavy atom. The highest BCUT2D eigenvalue weighted by atomic mass is 16.6. The van der Waals surface area contributed by atoms with Crippen molar-refractivity contribution in [2.24, 2.45) is 0 Å². The minimum Gasteiger partial charge on any atom is -0.384 e. The van der Waals surface area contributed by atoms with Crippen LogP contribution in [0.15, 0.2) is 12.1 Å². The lowest BCUT2D eigenvalue weighted by Crippen LogP contribution is -2.40. The van der Waals surface area contributed by atoms with Gasteiger partial charge in [-0.25, -0.2) is 4.98 Å². The monoisotopic (exact) mass is 266 g/mol. The molecule has 0 amide bonds. The van der Waals surface area contributed by atoms with Gasteiger partial charge in [-0.1, -0.05) is 0 Å². The zero-order chi connectivity index (χ0) is 14.0. The second-order valence-electron chi connectivity index (χ2n) is 5.30. The number of pyridine rings is 1. The van der Waals surface area contributed by atoms with Crippen molar-refractivity contribution >= 4 is 17.3 Å². The Morgan fingerprint density at radius 3 is 2.95 bits per heavy atom. The molecular formula is C12H18N4O3. The average Bonchev–Trinajstić information content (AvgIpc) is 2.27. The number of hydrogen-bond donors (Lipinski definition) is 2.